The first-order chi connectivity index (χ1) is 6.27. The molecule has 0 spiro atoms. The summed E-state index contributed by atoms with van der Waals surface area (Å²) in [6.45, 7) is 4.33. The van der Waals surface area contributed by atoms with E-state index in [9.17, 15) is 0 Å². The van der Waals surface area contributed by atoms with Gasteiger partial charge in [0.05, 0.1) is 5.37 Å². The van der Waals surface area contributed by atoms with Crippen molar-refractivity contribution in [3.63, 3.8) is 0 Å². The minimum absolute atomic E-state index is 0.369. The Bertz CT molecular complexity index is 296. The van der Waals surface area contributed by atoms with Gasteiger partial charge in [0.15, 0.2) is 0 Å². The lowest BCUT2D eigenvalue weighted by Crippen LogP contribution is -2.34. The predicted octanol–water partition coefficient (Wildman–Crippen LogP) is 2.32. The number of fused-ring (bicyclic) bond motifs is 1. The summed E-state index contributed by atoms with van der Waals surface area (Å²) < 4.78 is 0. The van der Waals surface area contributed by atoms with Gasteiger partial charge in [0.1, 0.15) is 0 Å². The van der Waals surface area contributed by atoms with Gasteiger partial charge in [-0.05, 0) is 24.5 Å². The van der Waals surface area contributed by atoms with Crippen molar-refractivity contribution in [3.05, 3.63) is 35.4 Å². The largest absolute Gasteiger partial charge is 0.287 e. The van der Waals surface area contributed by atoms with E-state index in [1.807, 2.05) is 0 Å². The van der Waals surface area contributed by atoms with Crippen LogP contribution in [0.4, 0.5) is 0 Å². The molecule has 0 amide bonds. The number of benzene rings is 1. The van der Waals surface area contributed by atoms with Crippen LogP contribution >= 0.6 is 12.6 Å². The fourth-order valence-corrected chi connectivity index (χ4v) is 2.03. The lowest BCUT2D eigenvalue weighted by Gasteiger charge is -2.31. The number of hydrogen-bond donors (Lipinski definition) is 1. The molecular formula is C11H15NS. The standard InChI is InChI=1S/C11H15NS/c1-9(13)12-7-6-10-4-2-3-5-11(10)8-12/h2-5,9,13H,6-8H2,1H3. The van der Waals surface area contributed by atoms with Crippen LogP contribution in [0.1, 0.15) is 18.1 Å². The van der Waals surface area contributed by atoms with Crippen molar-refractivity contribution in [1.82, 2.24) is 4.90 Å². The molecule has 1 atom stereocenters. The van der Waals surface area contributed by atoms with E-state index >= 15 is 0 Å². The Morgan fingerprint density at radius 3 is 2.69 bits per heavy atom. The van der Waals surface area contributed by atoms with Crippen LogP contribution in [0.3, 0.4) is 0 Å². The van der Waals surface area contributed by atoms with Gasteiger partial charge in [-0.15, -0.1) is 0 Å². The molecule has 0 saturated carbocycles. The summed E-state index contributed by atoms with van der Waals surface area (Å²) in [5, 5.41) is 0.369. The second-order valence-electron chi connectivity index (χ2n) is 3.62. The van der Waals surface area contributed by atoms with Crippen LogP contribution in [-0.4, -0.2) is 16.8 Å². The molecule has 0 saturated heterocycles. The molecule has 0 aliphatic carbocycles. The molecule has 0 N–H and O–H groups in total. The van der Waals surface area contributed by atoms with E-state index in [0.717, 1.165) is 13.1 Å². The third-order valence-electron chi connectivity index (χ3n) is 2.69. The van der Waals surface area contributed by atoms with Crippen LogP contribution < -0.4 is 0 Å². The van der Waals surface area contributed by atoms with E-state index in [4.69, 9.17) is 0 Å². The summed E-state index contributed by atoms with van der Waals surface area (Å²) in [6.07, 6.45) is 1.17. The van der Waals surface area contributed by atoms with Gasteiger partial charge in [0.25, 0.3) is 0 Å². The first kappa shape index (κ1) is 9.10. The molecule has 1 aliphatic rings. The molecule has 1 unspecified atom stereocenters. The quantitative estimate of drug-likeness (QED) is 0.670. The molecule has 0 aromatic heterocycles. The average Bonchev–Trinajstić information content (AvgIpc) is 2.17. The Morgan fingerprint density at radius 1 is 1.31 bits per heavy atom. The summed E-state index contributed by atoms with van der Waals surface area (Å²) in [6, 6.07) is 8.69. The normalized spacial score (nSPS) is 19.5. The van der Waals surface area contributed by atoms with Crippen molar-refractivity contribution in [2.45, 2.75) is 25.3 Å². The van der Waals surface area contributed by atoms with Gasteiger partial charge in [-0.2, -0.15) is 12.6 Å². The lowest BCUT2D eigenvalue weighted by atomic mass is 10.0. The Morgan fingerprint density at radius 2 is 2.00 bits per heavy atom. The molecule has 1 aliphatic heterocycles. The van der Waals surface area contributed by atoms with E-state index in [1.165, 1.54) is 17.5 Å². The molecule has 2 rings (SSSR count). The monoisotopic (exact) mass is 193 g/mol. The minimum Gasteiger partial charge on any atom is -0.287 e. The zero-order chi connectivity index (χ0) is 9.26. The smallest absolute Gasteiger partial charge is 0.0502 e. The maximum absolute atomic E-state index is 4.46. The van der Waals surface area contributed by atoms with Gasteiger partial charge in [0, 0.05) is 13.1 Å². The third kappa shape index (κ3) is 1.89. The summed E-state index contributed by atoms with van der Waals surface area (Å²) in [4.78, 5) is 2.39. The van der Waals surface area contributed by atoms with Crippen LogP contribution in [0.2, 0.25) is 0 Å². The van der Waals surface area contributed by atoms with Crippen LogP contribution in [-0.2, 0) is 13.0 Å². The molecule has 1 aromatic rings. The van der Waals surface area contributed by atoms with Gasteiger partial charge in [-0.3, -0.25) is 4.90 Å². The van der Waals surface area contributed by atoms with Crippen LogP contribution in [0, 0.1) is 0 Å². The highest BCUT2D eigenvalue weighted by Gasteiger charge is 2.17. The molecule has 0 bridgehead atoms. The highest BCUT2D eigenvalue weighted by molar-refractivity contribution is 7.80. The number of thiol groups is 1. The zero-order valence-corrected chi connectivity index (χ0v) is 8.80. The van der Waals surface area contributed by atoms with Crippen molar-refractivity contribution in [2.75, 3.05) is 6.54 Å². The van der Waals surface area contributed by atoms with Crippen LogP contribution in [0.5, 0.6) is 0 Å². The molecule has 1 heterocycles. The summed E-state index contributed by atoms with van der Waals surface area (Å²) >= 11 is 4.46. The van der Waals surface area contributed by atoms with Crippen molar-refractivity contribution in [2.24, 2.45) is 0 Å². The van der Waals surface area contributed by atoms with Crippen molar-refractivity contribution in [3.8, 4) is 0 Å². The van der Waals surface area contributed by atoms with Crippen molar-refractivity contribution in [1.29, 1.82) is 0 Å². The van der Waals surface area contributed by atoms with E-state index < -0.39 is 0 Å². The summed E-state index contributed by atoms with van der Waals surface area (Å²) in [5.74, 6) is 0. The Labute approximate surface area is 85.2 Å². The fraction of sp³-hybridized carbons (Fsp3) is 0.455. The summed E-state index contributed by atoms with van der Waals surface area (Å²) in [7, 11) is 0. The lowest BCUT2D eigenvalue weighted by molar-refractivity contribution is 0.248. The minimum atomic E-state index is 0.369. The summed E-state index contributed by atoms with van der Waals surface area (Å²) in [5.41, 5.74) is 2.97. The maximum atomic E-state index is 4.46. The maximum Gasteiger partial charge on any atom is 0.0502 e. The second kappa shape index (κ2) is 3.72. The topological polar surface area (TPSA) is 3.24 Å². The van der Waals surface area contributed by atoms with E-state index in [1.54, 1.807) is 0 Å². The van der Waals surface area contributed by atoms with Gasteiger partial charge in [0.2, 0.25) is 0 Å². The first-order valence-electron chi connectivity index (χ1n) is 4.76. The highest BCUT2D eigenvalue weighted by atomic mass is 32.1. The Hall–Kier alpha value is -0.470. The molecule has 2 heteroatoms. The number of hydrogen-bond acceptors (Lipinski definition) is 2. The molecule has 70 valence electrons. The first-order valence-corrected chi connectivity index (χ1v) is 5.28. The van der Waals surface area contributed by atoms with Gasteiger partial charge in [-0.1, -0.05) is 24.3 Å². The van der Waals surface area contributed by atoms with Crippen molar-refractivity contribution >= 4 is 12.6 Å². The fourth-order valence-electron chi connectivity index (χ4n) is 1.84. The number of rotatable bonds is 1. The van der Waals surface area contributed by atoms with E-state index in [0.29, 0.717) is 5.37 Å². The van der Waals surface area contributed by atoms with Crippen LogP contribution in [0.25, 0.3) is 0 Å². The molecule has 1 aromatic carbocycles. The highest BCUT2D eigenvalue weighted by Crippen LogP contribution is 2.20. The van der Waals surface area contributed by atoms with E-state index in [2.05, 4.69) is 48.7 Å². The van der Waals surface area contributed by atoms with Gasteiger partial charge >= 0.3 is 0 Å². The second-order valence-corrected chi connectivity index (χ2v) is 4.37. The molecule has 0 radical (unpaired) electrons. The van der Waals surface area contributed by atoms with E-state index in [-0.39, 0.29) is 0 Å². The SMILES string of the molecule is CC(S)N1CCc2ccccc2C1. The predicted molar refractivity (Wildman–Crippen MR) is 59.0 cm³/mol. The Balaban J connectivity index is 2.20. The zero-order valence-electron chi connectivity index (χ0n) is 7.90. The molecule has 0 fully saturated rings. The van der Waals surface area contributed by atoms with Crippen molar-refractivity contribution < 1.29 is 0 Å². The Kier molecular flexibility index (Phi) is 2.61. The molecule has 13 heavy (non-hydrogen) atoms. The van der Waals surface area contributed by atoms with Gasteiger partial charge in [-0.25, -0.2) is 0 Å². The molecular weight excluding hydrogens is 178 g/mol. The average molecular weight is 193 g/mol. The number of nitrogens with zero attached hydrogens (tertiary/aromatic N) is 1. The van der Waals surface area contributed by atoms with Gasteiger partial charge < -0.3 is 0 Å². The van der Waals surface area contributed by atoms with Crippen LogP contribution in [0.15, 0.2) is 24.3 Å². The third-order valence-corrected chi connectivity index (χ3v) is 3.02. The molecule has 1 nitrogen and oxygen atoms in total.